The number of allylic oxidation sites excluding steroid dienone is 3. The molecule has 4 aliphatic heterocycles. The van der Waals surface area contributed by atoms with Crippen molar-refractivity contribution in [1.82, 2.24) is 5.32 Å². The monoisotopic (exact) mass is 888 g/mol. The second-order valence-corrected chi connectivity index (χ2v) is 15.8. The Bertz CT molecular complexity index is 2430. The molecule has 2 fully saturated rings. The minimum Gasteiger partial charge on any atom is -0.507 e. The summed E-state index contributed by atoms with van der Waals surface area (Å²) in [6, 6.07) is 4.68. The number of hydrogen-bond donors (Lipinski definition) is 14. The number of ether oxygens (including phenoxy) is 4. The van der Waals surface area contributed by atoms with Crippen LogP contribution in [0.1, 0.15) is 56.6 Å². The molecule has 22 nitrogen and oxygen atoms in total. The van der Waals surface area contributed by atoms with E-state index in [2.05, 4.69) is 5.32 Å². The van der Waals surface area contributed by atoms with Crippen LogP contribution in [0.5, 0.6) is 23.0 Å². The van der Waals surface area contributed by atoms with Crippen LogP contribution < -0.4 is 21.2 Å². The Hall–Kier alpha value is -5.37. The minimum atomic E-state index is -3.55. The lowest BCUT2D eigenvalue weighted by atomic mass is 9.80. The summed E-state index contributed by atoms with van der Waals surface area (Å²) >= 11 is 0. The summed E-state index contributed by atoms with van der Waals surface area (Å²) in [6.45, 7) is 3.31. The maximum Gasteiger partial charge on any atom is 0.340 e. The van der Waals surface area contributed by atoms with E-state index in [4.69, 9.17) is 29.1 Å². The molecule has 0 radical (unpaired) electrons. The van der Waals surface area contributed by atoms with Crippen molar-refractivity contribution in [1.29, 1.82) is 0 Å². The Morgan fingerprint density at radius 3 is 2.32 bits per heavy atom. The first-order valence-electron chi connectivity index (χ1n) is 20.0. The highest BCUT2D eigenvalue weighted by Crippen LogP contribution is 2.53. The molecule has 0 amide bonds. The van der Waals surface area contributed by atoms with Gasteiger partial charge in [-0.1, -0.05) is 19.9 Å². The molecule has 63 heavy (non-hydrogen) atoms. The summed E-state index contributed by atoms with van der Waals surface area (Å²) in [4.78, 5) is 39.4. The third-order valence-corrected chi connectivity index (χ3v) is 11.9. The van der Waals surface area contributed by atoms with Crippen LogP contribution in [0.4, 0.5) is 0 Å². The number of carboxylic acid groups (broad SMARTS) is 1. The molecule has 3 aromatic rings. The molecule has 11 atom stereocenters. The smallest absolute Gasteiger partial charge is 0.340 e. The van der Waals surface area contributed by atoms with Gasteiger partial charge in [0, 0.05) is 53.5 Å². The number of esters is 1. The van der Waals surface area contributed by atoms with Gasteiger partial charge >= 0.3 is 11.9 Å². The average molecular weight is 889 g/mol. The molecule has 4 aliphatic rings. The topological polar surface area (TPSA) is 382 Å². The van der Waals surface area contributed by atoms with Crippen molar-refractivity contribution in [2.45, 2.75) is 119 Å². The number of aliphatic hydroxyl groups is 8. The van der Waals surface area contributed by atoms with E-state index in [1.165, 1.54) is 12.1 Å². The third kappa shape index (κ3) is 7.75. The number of dihydropyridines is 1. The maximum atomic E-state index is 14.0. The lowest BCUT2D eigenvalue weighted by Gasteiger charge is -2.47. The van der Waals surface area contributed by atoms with Crippen LogP contribution in [0.25, 0.3) is 22.3 Å². The van der Waals surface area contributed by atoms with Gasteiger partial charge in [-0.3, -0.25) is 4.79 Å². The van der Waals surface area contributed by atoms with Gasteiger partial charge < -0.3 is 95.7 Å². The molecule has 2 saturated heterocycles. The second-order valence-electron chi connectivity index (χ2n) is 15.8. The molecular formula is C41H48N2O20. The van der Waals surface area contributed by atoms with Crippen molar-refractivity contribution >= 4 is 22.9 Å². The number of fused-ring (bicyclic) bond motifs is 2. The van der Waals surface area contributed by atoms with E-state index in [0.717, 1.165) is 17.7 Å². The molecule has 0 aliphatic carbocycles. The van der Waals surface area contributed by atoms with Crippen molar-refractivity contribution in [2.75, 3.05) is 6.61 Å². The maximum absolute atomic E-state index is 14.0. The van der Waals surface area contributed by atoms with Gasteiger partial charge in [0.2, 0.25) is 24.0 Å². The first-order valence-corrected chi connectivity index (χ1v) is 20.0. The van der Waals surface area contributed by atoms with Crippen molar-refractivity contribution in [3.63, 3.8) is 0 Å². The summed E-state index contributed by atoms with van der Waals surface area (Å²) in [5, 5.41) is 130. The van der Waals surface area contributed by atoms with E-state index in [0.29, 0.717) is 24.1 Å². The van der Waals surface area contributed by atoms with E-state index in [-0.39, 0.29) is 52.0 Å². The summed E-state index contributed by atoms with van der Waals surface area (Å²) in [6.07, 6.45) is -17.9. The number of carboxylic acids is 1. The van der Waals surface area contributed by atoms with Crippen molar-refractivity contribution < 1.29 is 94.2 Å². The van der Waals surface area contributed by atoms with Crippen molar-refractivity contribution in [3.8, 4) is 34.3 Å². The lowest BCUT2D eigenvalue weighted by molar-refractivity contribution is -0.375. The summed E-state index contributed by atoms with van der Waals surface area (Å²) in [5.41, 5.74) is 7.43. The number of aliphatic hydroxyl groups excluding tert-OH is 6. The number of nitrogens with two attached hydrogens (primary N) is 1. The van der Waals surface area contributed by atoms with E-state index < -0.39 is 120 Å². The zero-order valence-corrected chi connectivity index (χ0v) is 33.6. The summed E-state index contributed by atoms with van der Waals surface area (Å²) in [7, 11) is 0. The number of aromatic hydroxyl groups is 3. The molecule has 342 valence electrons. The van der Waals surface area contributed by atoms with Crippen LogP contribution in [0.3, 0.4) is 0 Å². The SMILES string of the molecule is CCC1=CC([C@H]2CC[C@]3(Oc4cc5oc(-c6cc(O)c(O)c(CCO)c6)cc(=O)c5c(O)c42)O[C@H](C(=O)O[C@H]2O[C@H](C(=O)O)C(O)(O)[C@H](O)[C@H]2O)[C@@H](O)[C@H](O)[C@H]3O)=C(CC)NC1N. The molecule has 2 aromatic carbocycles. The molecule has 5 heterocycles. The number of phenols is 3. The first-order chi connectivity index (χ1) is 29.7. The fourth-order valence-corrected chi connectivity index (χ4v) is 8.56. The van der Waals surface area contributed by atoms with Gasteiger partial charge in [0.05, 0.1) is 6.17 Å². The zero-order valence-electron chi connectivity index (χ0n) is 33.6. The zero-order chi connectivity index (χ0) is 46.0. The van der Waals surface area contributed by atoms with Gasteiger partial charge in [-0.05, 0) is 49.0 Å². The summed E-state index contributed by atoms with van der Waals surface area (Å²) in [5.74, 6) is -12.9. The van der Waals surface area contributed by atoms with Gasteiger partial charge in [0.15, 0.2) is 23.0 Å². The van der Waals surface area contributed by atoms with Crippen LogP contribution >= 0.6 is 0 Å². The number of carbonyl (C=O) groups is 2. The van der Waals surface area contributed by atoms with Gasteiger partial charge in [0.25, 0.3) is 0 Å². The normalized spacial score (nSPS) is 31.7. The molecule has 15 N–H and O–H groups in total. The number of nitrogens with one attached hydrogen (secondary N) is 1. The summed E-state index contributed by atoms with van der Waals surface area (Å²) < 4.78 is 28.5. The van der Waals surface area contributed by atoms with Crippen LogP contribution in [-0.4, -0.2) is 147 Å². The fourth-order valence-electron chi connectivity index (χ4n) is 8.56. The predicted octanol–water partition coefficient (Wildman–Crippen LogP) is -1.81. The van der Waals surface area contributed by atoms with Crippen LogP contribution in [0.2, 0.25) is 0 Å². The standard InChI is InChI=1S/C41H48N2O20/c1-3-14-10-18(19(4-2)43-36(14)42)17-5-7-40(33(52)30(50)29(49)32(63-40)38(56)61-39-31(51)34(53)41(57,58)35(60-39)37(54)55)62-24-13-23-26(28(48)25(17)24)20(45)12-22(59-23)16-9-15(6-8-44)27(47)21(46)11-16/h9-13,17,29-36,39,43-44,46-53,57-58H,3-8,42H2,1-2H3,(H,54,55)/t17-,29+,30+,31-,32+,33-,34-,35-,36?,39-,40+/m1/s1. The van der Waals surface area contributed by atoms with E-state index in [1.807, 2.05) is 19.9 Å². The van der Waals surface area contributed by atoms with Crippen molar-refractivity contribution in [2.24, 2.45) is 5.73 Å². The van der Waals surface area contributed by atoms with Gasteiger partial charge in [-0.25, -0.2) is 9.59 Å². The van der Waals surface area contributed by atoms with Gasteiger partial charge in [-0.15, -0.1) is 0 Å². The highest BCUT2D eigenvalue weighted by Gasteiger charge is 2.62. The van der Waals surface area contributed by atoms with Crippen LogP contribution in [-0.2, 0) is 30.2 Å². The van der Waals surface area contributed by atoms with Crippen LogP contribution in [0.15, 0.2) is 56.4 Å². The number of phenolic OH excluding ortho intramolecular Hbond substituents is 3. The number of carbonyl (C=O) groups excluding carboxylic acids is 1. The molecular weight excluding hydrogens is 840 g/mol. The van der Waals surface area contributed by atoms with Crippen molar-refractivity contribution in [3.05, 3.63) is 68.5 Å². The van der Waals surface area contributed by atoms with E-state index >= 15 is 0 Å². The molecule has 1 spiro atoms. The lowest BCUT2D eigenvalue weighted by Crippen LogP contribution is -2.70. The molecule has 1 unspecified atom stereocenters. The molecule has 7 rings (SSSR count). The molecule has 0 saturated carbocycles. The molecule has 22 heteroatoms. The number of benzene rings is 2. The Balaban J connectivity index is 1.36. The van der Waals surface area contributed by atoms with E-state index in [9.17, 15) is 75.7 Å². The average Bonchev–Trinajstić information content (AvgIpc) is 3.40. The Morgan fingerprint density at radius 2 is 1.67 bits per heavy atom. The highest BCUT2D eigenvalue weighted by atomic mass is 16.8. The Morgan fingerprint density at radius 1 is 0.952 bits per heavy atom. The van der Waals surface area contributed by atoms with Gasteiger partial charge in [-0.2, -0.15) is 0 Å². The van der Waals surface area contributed by atoms with Crippen LogP contribution in [0, 0.1) is 0 Å². The molecule has 1 aromatic heterocycles. The van der Waals surface area contributed by atoms with Gasteiger partial charge in [0.1, 0.15) is 58.7 Å². The largest absolute Gasteiger partial charge is 0.507 e. The predicted molar refractivity (Wildman–Crippen MR) is 210 cm³/mol. The second kappa shape index (κ2) is 17.0. The highest BCUT2D eigenvalue weighted by molar-refractivity contribution is 5.89. The molecule has 0 bridgehead atoms. The first kappa shape index (κ1) is 45.6. The van der Waals surface area contributed by atoms with E-state index in [1.54, 1.807) is 0 Å². The Kier molecular flexibility index (Phi) is 12.3. The fraction of sp³-hybridized carbons (Fsp3) is 0.488. The minimum absolute atomic E-state index is 0.0312. The number of aliphatic carboxylic acids is 1. The Labute approximate surface area is 355 Å². The quantitative estimate of drug-likeness (QED) is 0.0639. The third-order valence-electron chi connectivity index (χ3n) is 11.9. The number of rotatable bonds is 9. The number of hydrogen-bond acceptors (Lipinski definition) is 21.